The molecule has 2 aromatic carbocycles. The third-order valence-electron chi connectivity index (χ3n) is 3.11. The van der Waals surface area contributed by atoms with Crippen molar-refractivity contribution in [3.05, 3.63) is 65.7 Å². The molecule has 2 rings (SSSR count). The van der Waals surface area contributed by atoms with E-state index in [0.29, 0.717) is 6.42 Å². The van der Waals surface area contributed by atoms with Crippen LogP contribution in [0.5, 0.6) is 0 Å². The highest BCUT2D eigenvalue weighted by atomic mass is 32.2. The van der Waals surface area contributed by atoms with Gasteiger partial charge >= 0.3 is 5.97 Å². The number of carbonyl (C=O) groups excluding carboxylic acids is 1. The molecule has 1 unspecified atom stereocenters. The van der Waals surface area contributed by atoms with Gasteiger partial charge in [0, 0.05) is 4.90 Å². The molecule has 0 fully saturated rings. The first-order valence-electron chi connectivity index (χ1n) is 6.80. The fourth-order valence-corrected chi connectivity index (χ4v) is 2.65. The molecule has 0 aliphatic rings. The summed E-state index contributed by atoms with van der Waals surface area (Å²) < 4.78 is 8.07. The number of methoxy groups -OCH3 is 1. The molecule has 0 radical (unpaired) electrons. The Kier molecular flexibility index (Phi) is 5.84. The van der Waals surface area contributed by atoms with Gasteiger partial charge in [-0.15, -0.1) is 0 Å². The molecule has 1 N–H and O–H groups in total. The van der Waals surface area contributed by atoms with Crippen molar-refractivity contribution < 1.29 is 9.53 Å². The maximum Gasteiger partial charge on any atom is 0.324 e. The van der Waals surface area contributed by atoms with Gasteiger partial charge in [0.2, 0.25) is 0 Å². The van der Waals surface area contributed by atoms with Gasteiger partial charge in [-0.1, -0.05) is 48.0 Å². The molecular weight excluding hydrogens is 282 g/mol. The third kappa shape index (κ3) is 4.92. The Morgan fingerprint density at radius 1 is 1.14 bits per heavy atom. The standard InChI is InChI=1S/C17H19NO2S/c1-13-8-10-14(11-9-13)12-16(17(19)20-2)18-21-15-6-4-3-5-7-15/h3-11,16,18H,12H2,1-2H3. The largest absolute Gasteiger partial charge is 0.468 e. The summed E-state index contributed by atoms with van der Waals surface area (Å²) in [5.74, 6) is -0.251. The van der Waals surface area contributed by atoms with Gasteiger partial charge in [-0.3, -0.25) is 4.79 Å². The lowest BCUT2D eigenvalue weighted by Gasteiger charge is -2.16. The van der Waals surface area contributed by atoms with Crippen LogP contribution in [0.3, 0.4) is 0 Å². The monoisotopic (exact) mass is 301 g/mol. The lowest BCUT2D eigenvalue weighted by molar-refractivity contribution is -0.142. The molecule has 2 aromatic rings. The Morgan fingerprint density at radius 3 is 2.43 bits per heavy atom. The zero-order chi connectivity index (χ0) is 15.1. The van der Waals surface area contributed by atoms with Crippen LogP contribution in [0.25, 0.3) is 0 Å². The van der Waals surface area contributed by atoms with Crippen molar-refractivity contribution in [1.82, 2.24) is 4.72 Å². The fourth-order valence-electron chi connectivity index (χ4n) is 1.90. The van der Waals surface area contributed by atoms with Crippen LogP contribution in [-0.4, -0.2) is 19.1 Å². The average molecular weight is 301 g/mol. The number of ether oxygens (including phenoxy) is 1. The van der Waals surface area contributed by atoms with Crippen LogP contribution < -0.4 is 4.72 Å². The van der Waals surface area contributed by atoms with Crippen LogP contribution >= 0.6 is 11.9 Å². The van der Waals surface area contributed by atoms with Gasteiger partial charge < -0.3 is 4.74 Å². The fraction of sp³-hybridized carbons (Fsp3) is 0.235. The smallest absolute Gasteiger partial charge is 0.324 e. The highest BCUT2D eigenvalue weighted by Crippen LogP contribution is 2.16. The van der Waals surface area contributed by atoms with Crippen LogP contribution in [0.1, 0.15) is 11.1 Å². The van der Waals surface area contributed by atoms with Gasteiger partial charge in [-0.2, -0.15) is 0 Å². The molecule has 0 aromatic heterocycles. The molecule has 0 saturated heterocycles. The van der Waals surface area contributed by atoms with Crippen molar-refractivity contribution in [1.29, 1.82) is 0 Å². The first-order valence-corrected chi connectivity index (χ1v) is 7.61. The van der Waals surface area contributed by atoms with Crippen LogP contribution in [0.2, 0.25) is 0 Å². The summed E-state index contributed by atoms with van der Waals surface area (Å²) in [6, 6.07) is 17.7. The van der Waals surface area contributed by atoms with Crippen molar-refractivity contribution in [3.8, 4) is 0 Å². The van der Waals surface area contributed by atoms with E-state index in [1.807, 2.05) is 61.5 Å². The van der Waals surface area contributed by atoms with Crippen LogP contribution in [-0.2, 0) is 16.0 Å². The molecule has 21 heavy (non-hydrogen) atoms. The molecule has 0 bridgehead atoms. The second-order valence-electron chi connectivity index (χ2n) is 4.80. The number of esters is 1. The van der Waals surface area contributed by atoms with Crippen molar-refractivity contribution >= 4 is 17.9 Å². The van der Waals surface area contributed by atoms with Gasteiger partial charge in [-0.05, 0) is 43.0 Å². The minimum atomic E-state index is -0.372. The lowest BCUT2D eigenvalue weighted by atomic mass is 10.1. The van der Waals surface area contributed by atoms with E-state index in [4.69, 9.17) is 4.74 Å². The summed E-state index contributed by atoms with van der Waals surface area (Å²) >= 11 is 1.44. The zero-order valence-corrected chi connectivity index (χ0v) is 13.0. The second kappa shape index (κ2) is 7.86. The minimum absolute atomic E-state index is 0.251. The molecule has 0 heterocycles. The molecule has 3 nitrogen and oxygen atoms in total. The van der Waals surface area contributed by atoms with E-state index in [1.165, 1.54) is 24.6 Å². The number of nitrogens with one attached hydrogen (secondary N) is 1. The van der Waals surface area contributed by atoms with Crippen LogP contribution in [0.15, 0.2) is 59.5 Å². The number of carbonyl (C=O) groups is 1. The predicted octanol–water partition coefficient (Wildman–Crippen LogP) is 3.38. The highest BCUT2D eigenvalue weighted by molar-refractivity contribution is 7.97. The van der Waals surface area contributed by atoms with Gasteiger partial charge in [0.25, 0.3) is 0 Å². The summed E-state index contributed by atoms with van der Waals surface area (Å²) in [5.41, 5.74) is 2.32. The number of benzene rings is 2. The molecule has 0 aliphatic carbocycles. The summed E-state index contributed by atoms with van der Waals surface area (Å²) in [6.45, 7) is 2.05. The van der Waals surface area contributed by atoms with E-state index in [0.717, 1.165) is 10.5 Å². The van der Waals surface area contributed by atoms with Crippen LogP contribution in [0, 0.1) is 6.92 Å². The topological polar surface area (TPSA) is 38.3 Å². The summed E-state index contributed by atoms with van der Waals surface area (Å²) in [7, 11) is 1.42. The normalized spacial score (nSPS) is 11.9. The van der Waals surface area contributed by atoms with E-state index in [1.54, 1.807) is 0 Å². The average Bonchev–Trinajstić information content (AvgIpc) is 2.53. The second-order valence-corrected chi connectivity index (χ2v) is 5.71. The molecule has 0 aliphatic heterocycles. The molecular formula is C17H19NO2S. The Balaban J connectivity index is 2.01. The molecule has 0 spiro atoms. The molecule has 4 heteroatoms. The van der Waals surface area contributed by atoms with Gasteiger partial charge in [0.15, 0.2) is 0 Å². The molecule has 110 valence electrons. The Hall–Kier alpha value is -1.78. The first-order chi connectivity index (χ1) is 10.2. The van der Waals surface area contributed by atoms with Crippen molar-refractivity contribution in [2.75, 3.05) is 7.11 Å². The Morgan fingerprint density at radius 2 is 1.81 bits per heavy atom. The van der Waals surface area contributed by atoms with Gasteiger partial charge in [-0.25, -0.2) is 4.72 Å². The molecule has 1 atom stereocenters. The van der Waals surface area contributed by atoms with E-state index in [2.05, 4.69) is 4.72 Å². The Labute approximate surface area is 129 Å². The molecule has 0 amide bonds. The first kappa shape index (κ1) is 15.6. The number of hydrogen-bond donors (Lipinski definition) is 1. The van der Waals surface area contributed by atoms with Crippen molar-refractivity contribution in [3.63, 3.8) is 0 Å². The van der Waals surface area contributed by atoms with E-state index >= 15 is 0 Å². The maximum atomic E-state index is 11.9. The number of hydrogen-bond acceptors (Lipinski definition) is 4. The van der Waals surface area contributed by atoms with Gasteiger partial charge in [0.1, 0.15) is 6.04 Å². The SMILES string of the molecule is COC(=O)C(Cc1ccc(C)cc1)NSc1ccccc1. The third-order valence-corrected chi connectivity index (χ3v) is 4.02. The summed E-state index contributed by atoms with van der Waals surface area (Å²) in [6.07, 6.45) is 0.604. The predicted molar refractivity (Wildman–Crippen MR) is 86.1 cm³/mol. The highest BCUT2D eigenvalue weighted by Gasteiger charge is 2.19. The number of aryl methyl sites for hydroxylation is 1. The van der Waals surface area contributed by atoms with Crippen molar-refractivity contribution in [2.24, 2.45) is 0 Å². The Bertz CT molecular complexity index is 569. The van der Waals surface area contributed by atoms with E-state index < -0.39 is 0 Å². The summed E-state index contributed by atoms with van der Waals surface area (Å²) in [5, 5.41) is 0. The lowest BCUT2D eigenvalue weighted by Crippen LogP contribution is -2.35. The maximum absolute atomic E-state index is 11.9. The van der Waals surface area contributed by atoms with Crippen LogP contribution in [0.4, 0.5) is 0 Å². The molecule has 0 saturated carbocycles. The zero-order valence-electron chi connectivity index (χ0n) is 12.2. The van der Waals surface area contributed by atoms with E-state index in [-0.39, 0.29) is 12.0 Å². The van der Waals surface area contributed by atoms with Crippen molar-refractivity contribution in [2.45, 2.75) is 24.3 Å². The quantitative estimate of drug-likeness (QED) is 0.656. The summed E-state index contributed by atoms with van der Waals surface area (Å²) in [4.78, 5) is 13.0. The minimum Gasteiger partial charge on any atom is -0.468 e. The van der Waals surface area contributed by atoms with Gasteiger partial charge in [0.05, 0.1) is 7.11 Å². The number of rotatable bonds is 6. The van der Waals surface area contributed by atoms with E-state index in [9.17, 15) is 4.79 Å².